The Morgan fingerprint density at radius 2 is 1.55 bits per heavy atom. The number of hydrogen-bond donors (Lipinski definition) is 0. The van der Waals surface area contributed by atoms with E-state index < -0.39 is 0 Å². The van der Waals surface area contributed by atoms with Gasteiger partial charge >= 0.3 is 0 Å². The summed E-state index contributed by atoms with van der Waals surface area (Å²) in [5.74, 6) is 0. The summed E-state index contributed by atoms with van der Waals surface area (Å²) in [4.78, 5) is 2.27. The molecular formula is C19H22N2O. The lowest BCUT2D eigenvalue weighted by Crippen LogP contribution is -2.57. The first-order chi connectivity index (χ1) is 10.4. The lowest BCUT2D eigenvalue weighted by molar-refractivity contribution is 0.321. The zero-order chi connectivity index (χ0) is 15.6. The van der Waals surface area contributed by atoms with Gasteiger partial charge in [-0.15, -0.1) is 0 Å². The number of hydroxylamine groups is 2. The average Bonchev–Trinajstić information content (AvgIpc) is 2.42. The first kappa shape index (κ1) is 13.8. The Balaban J connectivity index is 1.95. The van der Waals surface area contributed by atoms with E-state index in [4.69, 9.17) is 0 Å². The van der Waals surface area contributed by atoms with Crippen molar-refractivity contribution < 1.29 is 0 Å². The number of aryl methyl sites for hydroxylation is 4. The molecule has 1 unspecified atom stereocenters. The van der Waals surface area contributed by atoms with Crippen LogP contribution in [0.5, 0.6) is 0 Å². The third kappa shape index (κ3) is 1.82. The van der Waals surface area contributed by atoms with Crippen molar-refractivity contribution in [3.05, 3.63) is 62.9 Å². The van der Waals surface area contributed by atoms with Crippen LogP contribution in [-0.4, -0.2) is 6.67 Å². The second-order valence-corrected chi connectivity index (χ2v) is 7.05. The molecule has 2 aromatic carbocycles. The van der Waals surface area contributed by atoms with E-state index in [1.54, 1.807) is 0 Å². The molecule has 0 aliphatic carbocycles. The summed E-state index contributed by atoms with van der Waals surface area (Å²) >= 11 is 0. The second kappa shape index (κ2) is 4.34. The Hall–Kier alpha value is -1.84. The van der Waals surface area contributed by atoms with Crippen molar-refractivity contribution in [3.8, 4) is 0 Å². The Morgan fingerprint density at radius 1 is 0.909 bits per heavy atom. The van der Waals surface area contributed by atoms with Gasteiger partial charge in [-0.2, -0.15) is 0 Å². The molecule has 1 atom stereocenters. The van der Waals surface area contributed by atoms with Crippen LogP contribution in [0.2, 0.25) is 0 Å². The zero-order valence-electron chi connectivity index (χ0n) is 13.7. The summed E-state index contributed by atoms with van der Waals surface area (Å²) in [5, 5.41) is 13.6. The van der Waals surface area contributed by atoms with E-state index in [1.165, 1.54) is 39.1 Å². The molecule has 0 saturated carbocycles. The summed E-state index contributed by atoms with van der Waals surface area (Å²) in [6, 6.07) is 8.72. The van der Waals surface area contributed by atoms with Gasteiger partial charge in [-0.25, -0.2) is 0 Å². The molecule has 2 aliphatic rings. The molecule has 3 nitrogen and oxygen atoms in total. The van der Waals surface area contributed by atoms with Crippen LogP contribution in [0.4, 0.5) is 11.4 Å². The fourth-order valence-corrected chi connectivity index (χ4v) is 4.15. The molecule has 0 radical (unpaired) electrons. The van der Waals surface area contributed by atoms with E-state index in [0.717, 1.165) is 12.2 Å². The summed E-state index contributed by atoms with van der Waals surface area (Å²) in [6.45, 7) is 10.4. The van der Waals surface area contributed by atoms with E-state index >= 15 is 0 Å². The Labute approximate surface area is 132 Å². The molecule has 0 N–H and O–H groups in total. The maximum atomic E-state index is 13.6. The normalized spacial score (nSPS) is 22.3. The third-order valence-electron chi connectivity index (χ3n) is 5.13. The topological polar surface area (TPSA) is 26.3 Å². The van der Waals surface area contributed by atoms with Crippen molar-refractivity contribution in [2.24, 2.45) is 0 Å². The molecule has 2 aliphatic heterocycles. The van der Waals surface area contributed by atoms with Crippen molar-refractivity contribution in [2.45, 2.75) is 40.8 Å². The molecule has 0 saturated heterocycles. The predicted molar refractivity (Wildman–Crippen MR) is 91.7 cm³/mol. The van der Waals surface area contributed by atoms with Crippen LogP contribution in [0.3, 0.4) is 0 Å². The number of anilines is 1. The Morgan fingerprint density at radius 3 is 2.27 bits per heavy atom. The number of quaternary nitrogens is 1. The van der Waals surface area contributed by atoms with E-state index in [2.05, 4.69) is 56.9 Å². The van der Waals surface area contributed by atoms with Gasteiger partial charge in [0.05, 0.1) is 12.2 Å². The van der Waals surface area contributed by atoms with Crippen molar-refractivity contribution in [1.29, 1.82) is 0 Å². The predicted octanol–water partition coefficient (Wildman–Crippen LogP) is 4.22. The van der Waals surface area contributed by atoms with Gasteiger partial charge in [-0.1, -0.05) is 12.1 Å². The maximum absolute atomic E-state index is 13.6. The number of hydrogen-bond acceptors (Lipinski definition) is 2. The molecule has 0 aromatic heterocycles. The highest BCUT2D eigenvalue weighted by Gasteiger charge is 2.39. The molecule has 0 amide bonds. The first-order valence-electron chi connectivity index (χ1n) is 7.91. The van der Waals surface area contributed by atoms with Gasteiger partial charge in [0, 0.05) is 17.2 Å². The fraction of sp³-hybridized carbons (Fsp3) is 0.368. The average molecular weight is 294 g/mol. The second-order valence-electron chi connectivity index (χ2n) is 7.05. The highest BCUT2D eigenvalue weighted by atomic mass is 16.5. The third-order valence-corrected chi connectivity index (χ3v) is 5.13. The van der Waals surface area contributed by atoms with Crippen LogP contribution in [0.25, 0.3) is 0 Å². The summed E-state index contributed by atoms with van der Waals surface area (Å²) in [6.07, 6.45) is 0. The van der Waals surface area contributed by atoms with E-state index in [0.29, 0.717) is 13.2 Å². The molecule has 4 rings (SSSR count). The molecular weight excluding hydrogens is 272 g/mol. The smallest absolute Gasteiger partial charge is 0.159 e. The van der Waals surface area contributed by atoms with Gasteiger partial charge in [0.1, 0.15) is 12.2 Å². The molecule has 0 spiro atoms. The molecule has 114 valence electrons. The standard InChI is InChI=1S/C19H22N2O/c1-12-5-15(4)17-10-21(22)11-20(18(17)7-12)9-16-14(3)6-13(2)8-19(16)21/h5-8H,9-11H2,1-4H3. The van der Waals surface area contributed by atoms with Crippen molar-refractivity contribution in [2.75, 3.05) is 11.6 Å². The van der Waals surface area contributed by atoms with Crippen LogP contribution in [0, 0.1) is 32.9 Å². The molecule has 0 fully saturated rings. The lowest BCUT2D eigenvalue weighted by atomic mass is 9.93. The van der Waals surface area contributed by atoms with Gasteiger partial charge in [0.25, 0.3) is 0 Å². The summed E-state index contributed by atoms with van der Waals surface area (Å²) < 4.78 is -0.241. The van der Waals surface area contributed by atoms with Gasteiger partial charge in [-0.05, 0) is 56.0 Å². The minimum atomic E-state index is -0.241. The SMILES string of the molecule is Cc1cc(C)c2c(c1)N1Cc3c(C)cc(C)cc3[N+]([O-])(C2)C1. The highest BCUT2D eigenvalue weighted by molar-refractivity contribution is 5.69. The van der Waals surface area contributed by atoms with Crippen molar-refractivity contribution in [3.63, 3.8) is 0 Å². The van der Waals surface area contributed by atoms with Crippen LogP contribution in [0.1, 0.15) is 33.4 Å². The molecule has 22 heavy (non-hydrogen) atoms. The van der Waals surface area contributed by atoms with Crippen LogP contribution in [-0.2, 0) is 13.1 Å². The van der Waals surface area contributed by atoms with E-state index in [9.17, 15) is 5.21 Å². The van der Waals surface area contributed by atoms with Crippen LogP contribution >= 0.6 is 0 Å². The molecule has 2 aromatic rings. The minimum absolute atomic E-state index is 0.241. The van der Waals surface area contributed by atoms with Crippen LogP contribution in [0.15, 0.2) is 24.3 Å². The number of benzene rings is 2. The monoisotopic (exact) mass is 294 g/mol. The van der Waals surface area contributed by atoms with Crippen molar-refractivity contribution >= 4 is 11.4 Å². The van der Waals surface area contributed by atoms with Crippen molar-refractivity contribution in [1.82, 2.24) is 4.65 Å². The van der Waals surface area contributed by atoms with Crippen LogP contribution < -0.4 is 9.55 Å². The Kier molecular flexibility index (Phi) is 2.72. The number of nitrogens with zero attached hydrogens (tertiary/aromatic N) is 2. The lowest BCUT2D eigenvalue weighted by Gasteiger charge is -2.54. The zero-order valence-corrected chi connectivity index (χ0v) is 13.7. The maximum Gasteiger partial charge on any atom is 0.159 e. The van der Waals surface area contributed by atoms with E-state index in [-0.39, 0.29) is 4.65 Å². The molecule has 3 heteroatoms. The van der Waals surface area contributed by atoms with Gasteiger partial charge in [0.2, 0.25) is 0 Å². The quantitative estimate of drug-likeness (QED) is 0.537. The molecule has 2 bridgehead atoms. The Bertz CT molecular complexity index is 797. The minimum Gasteiger partial charge on any atom is -0.626 e. The number of fused-ring (bicyclic) bond motifs is 6. The van der Waals surface area contributed by atoms with E-state index in [1.807, 2.05) is 0 Å². The van der Waals surface area contributed by atoms with Gasteiger partial charge in [-0.3, -0.25) is 0 Å². The fourth-order valence-electron chi connectivity index (χ4n) is 4.15. The van der Waals surface area contributed by atoms with Gasteiger partial charge in [0.15, 0.2) is 6.67 Å². The number of rotatable bonds is 0. The molecule has 2 heterocycles. The van der Waals surface area contributed by atoms with Gasteiger partial charge < -0.3 is 14.8 Å². The first-order valence-corrected chi connectivity index (χ1v) is 7.91. The highest BCUT2D eigenvalue weighted by Crippen LogP contribution is 2.44. The summed E-state index contributed by atoms with van der Waals surface area (Å²) in [5.41, 5.74) is 9.61. The summed E-state index contributed by atoms with van der Waals surface area (Å²) in [7, 11) is 0. The largest absolute Gasteiger partial charge is 0.626 e.